The number of likely N-dealkylation sites (N-methyl/N-ethyl adjacent to an activating group) is 1. The number of carbonyl (C=O) groups excluding carboxylic acids is 1. The highest BCUT2D eigenvalue weighted by Gasteiger charge is 2.13. The van der Waals surface area contributed by atoms with Gasteiger partial charge >= 0.3 is 0 Å². The topological polar surface area (TPSA) is 29.5 Å². The Morgan fingerprint density at radius 1 is 1.14 bits per heavy atom. The van der Waals surface area contributed by atoms with Crippen LogP contribution < -0.4 is 9.64 Å². The number of Topliss-reactive ketones (excluding diaryl/α,β-unsaturated/α-hetero) is 1. The molecule has 0 unspecified atom stereocenters. The van der Waals surface area contributed by atoms with Crippen molar-refractivity contribution in [2.75, 3.05) is 25.1 Å². The van der Waals surface area contributed by atoms with Crippen molar-refractivity contribution in [2.24, 2.45) is 0 Å². The van der Waals surface area contributed by atoms with Gasteiger partial charge in [0.05, 0.1) is 13.7 Å². The van der Waals surface area contributed by atoms with Crippen molar-refractivity contribution >= 4 is 11.5 Å². The molecule has 2 aromatic carbocycles. The summed E-state index contributed by atoms with van der Waals surface area (Å²) in [7, 11) is 1.61. The SMILES string of the molecule is CCN(CC(=O)c1cccc(OC)c1)c1ccccc1C. The summed E-state index contributed by atoms with van der Waals surface area (Å²) in [6, 6.07) is 15.4. The smallest absolute Gasteiger partial charge is 0.182 e. The van der Waals surface area contributed by atoms with Gasteiger partial charge in [-0.05, 0) is 37.6 Å². The van der Waals surface area contributed by atoms with Crippen LogP contribution in [0.25, 0.3) is 0 Å². The standard InChI is InChI=1S/C18H21NO2/c1-4-19(17-11-6-5-8-14(17)2)13-18(20)15-9-7-10-16(12-15)21-3/h5-12H,4,13H2,1-3H3. The molecule has 110 valence electrons. The lowest BCUT2D eigenvalue weighted by atomic mass is 10.1. The monoisotopic (exact) mass is 283 g/mol. The van der Waals surface area contributed by atoms with Crippen LogP contribution in [0.15, 0.2) is 48.5 Å². The molecule has 0 amide bonds. The van der Waals surface area contributed by atoms with Crippen molar-refractivity contribution in [2.45, 2.75) is 13.8 Å². The third-order valence-electron chi connectivity index (χ3n) is 3.56. The molecule has 0 radical (unpaired) electrons. The lowest BCUT2D eigenvalue weighted by Gasteiger charge is -2.24. The van der Waals surface area contributed by atoms with E-state index in [4.69, 9.17) is 4.74 Å². The number of carbonyl (C=O) groups is 1. The molecule has 3 heteroatoms. The predicted octanol–water partition coefficient (Wildman–Crippen LogP) is 3.71. The number of ether oxygens (including phenoxy) is 1. The second-order valence-corrected chi connectivity index (χ2v) is 4.96. The fourth-order valence-corrected chi connectivity index (χ4v) is 2.35. The minimum Gasteiger partial charge on any atom is -0.497 e. The van der Waals surface area contributed by atoms with Gasteiger partial charge in [0.1, 0.15) is 5.75 Å². The Bertz CT molecular complexity index is 622. The zero-order valence-electron chi connectivity index (χ0n) is 12.8. The molecule has 0 aliphatic rings. The molecule has 0 bridgehead atoms. The molecule has 0 atom stereocenters. The predicted molar refractivity (Wildman–Crippen MR) is 86.4 cm³/mol. The number of hydrogen-bond donors (Lipinski definition) is 0. The van der Waals surface area contributed by atoms with Crippen LogP contribution >= 0.6 is 0 Å². The van der Waals surface area contributed by atoms with Crippen LogP contribution in [0.4, 0.5) is 5.69 Å². The van der Waals surface area contributed by atoms with Gasteiger partial charge in [-0.25, -0.2) is 0 Å². The number of para-hydroxylation sites is 1. The third-order valence-corrected chi connectivity index (χ3v) is 3.56. The van der Waals surface area contributed by atoms with Crippen LogP contribution in [0, 0.1) is 6.92 Å². The molecular weight excluding hydrogens is 262 g/mol. The van der Waals surface area contributed by atoms with Crippen LogP contribution in [-0.4, -0.2) is 26.0 Å². The first-order chi connectivity index (χ1) is 10.2. The zero-order valence-corrected chi connectivity index (χ0v) is 12.8. The number of aryl methyl sites for hydroxylation is 1. The van der Waals surface area contributed by atoms with E-state index in [0.29, 0.717) is 17.9 Å². The third kappa shape index (κ3) is 3.63. The Morgan fingerprint density at radius 2 is 1.90 bits per heavy atom. The van der Waals surface area contributed by atoms with Crippen molar-refractivity contribution in [1.82, 2.24) is 0 Å². The summed E-state index contributed by atoms with van der Waals surface area (Å²) >= 11 is 0. The quantitative estimate of drug-likeness (QED) is 0.757. The minimum atomic E-state index is 0.0963. The minimum absolute atomic E-state index is 0.0963. The van der Waals surface area contributed by atoms with E-state index in [0.717, 1.165) is 12.2 Å². The van der Waals surface area contributed by atoms with Gasteiger partial charge in [0, 0.05) is 17.8 Å². The summed E-state index contributed by atoms with van der Waals surface area (Å²) < 4.78 is 5.17. The molecule has 0 saturated carbocycles. The summed E-state index contributed by atoms with van der Waals surface area (Å²) in [6.45, 7) is 5.29. The second kappa shape index (κ2) is 6.93. The molecular formula is C18H21NO2. The van der Waals surface area contributed by atoms with E-state index in [1.54, 1.807) is 13.2 Å². The molecule has 0 aliphatic carbocycles. The van der Waals surface area contributed by atoms with Gasteiger partial charge in [-0.2, -0.15) is 0 Å². The summed E-state index contributed by atoms with van der Waals surface area (Å²) in [5.74, 6) is 0.804. The van der Waals surface area contributed by atoms with E-state index >= 15 is 0 Å². The molecule has 2 rings (SSSR count). The van der Waals surface area contributed by atoms with Gasteiger partial charge in [-0.1, -0.05) is 30.3 Å². The van der Waals surface area contributed by atoms with Crippen molar-refractivity contribution in [3.63, 3.8) is 0 Å². The normalized spacial score (nSPS) is 10.2. The van der Waals surface area contributed by atoms with Crippen LogP contribution in [0.2, 0.25) is 0 Å². The Kier molecular flexibility index (Phi) is 4.99. The van der Waals surface area contributed by atoms with E-state index in [2.05, 4.69) is 30.9 Å². The lowest BCUT2D eigenvalue weighted by molar-refractivity contribution is 0.0999. The highest BCUT2D eigenvalue weighted by Crippen LogP contribution is 2.20. The second-order valence-electron chi connectivity index (χ2n) is 4.96. The van der Waals surface area contributed by atoms with Gasteiger partial charge in [0.25, 0.3) is 0 Å². The van der Waals surface area contributed by atoms with Crippen LogP contribution in [-0.2, 0) is 0 Å². The summed E-state index contributed by atoms with van der Waals surface area (Å²) in [4.78, 5) is 14.6. The Morgan fingerprint density at radius 3 is 2.57 bits per heavy atom. The maximum Gasteiger partial charge on any atom is 0.182 e. The van der Waals surface area contributed by atoms with E-state index in [1.165, 1.54) is 5.56 Å². The number of methoxy groups -OCH3 is 1. The van der Waals surface area contributed by atoms with Crippen molar-refractivity contribution < 1.29 is 9.53 Å². The van der Waals surface area contributed by atoms with E-state index < -0.39 is 0 Å². The Labute approximate surface area is 126 Å². The van der Waals surface area contributed by atoms with Crippen LogP contribution in [0.5, 0.6) is 5.75 Å². The van der Waals surface area contributed by atoms with Gasteiger partial charge in [0.2, 0.25) is 0 Å². The fraction of sp³-hybridized carbons (Fsp3) is 0.278. The van der Waals surface area contributed by atoms with E-state index in [9.17, 15) is 4.79 Å². The summed E-state index contributed by atoms with van der Waals surface area (Å²) in [5, 5.41) is 0. The number of ketones is 1. The molecule has 21 heavy (non-hydrogen) atoms. The number of anilines is 1. The van der Waals surface area contributed by atoms with Crippen molar-refractivity contribution in [3.05, 3.63) is 59.7 Å². The van der Waals surface area contributed by atoms with Gasteiger partial charge in [-0.3, -0.25) is 4.79 Å². The Balaban J connectivity index is 2.18. The highest BCUT2D eigenvalue weighted by molar-refractivity contribution is 5.99. The maximum atomic E-state index is 12.5. The molecule has 0 aromatic heterocycles. The van der Waals surface area contributed by atoms with Gasteiger partial charge in [-0.15, -0.1) is 0 Å². The van der Waals surface area contributed by atoms with E-state index in [1.807, 2.05) is 30.3 Å². The molecule has 2 aromatic rings. The lowest BCUT2D eigenvalue weighted by Crippen LogP contribution is -2.30. The summed E-state index contributed by atoms with van der Waals surface area (Å²) in [6.07, 6.45) is 0. The van der Waals surface area contributed by atoms with E-state index in [-0.39, 0.29) is 5.78 Å². The number of benzene rings is 2. The van der Waals surface area contributed by atoms with Gasteiger partial charge < -0.3 is 9.64 Å². The maximum absolute atomic E-state index is 12.5. The summed E-state index contributed by atoms with van der Waals surface area (Å²) in [5.41, 5.74) is 2.97. The average molecular weight is 283 g/mol. The molecule has 0 spiro atoms. The first kappa shape index (κ1) is 15.1. The molecule has 0 fully saturated rings. The number of rotatable bonds is 6. The highest BCUT2D eigenvalue weighted by atomic mass is 16.5. The van der Waals surface area contributed by atoms with Crippen molar-refractivity contribution in [1.29, 1.82) is 0 Å². The first-order valence-electron chi connectivity index (χ1n) is 7.13. The van der Waals surface area contributed by atoms with Gasteiger partial charge in [0.15, 0.2) is 5.78 Å². The molecule has 0 heterocycles. The average Bonchev–Trinajstić information content (AvgIpc) is 2.53. The zero-order chi connectivity index (χ0) is 15.2. The van der Waals surface area contributed by atoms with Crippen molar-refractivity contribution in [3.8, 4) is 5.75 Å². The number of hydrogen-bond acceptors (Lipinski definition) is 3. The first-order valence-corrected chi connectivity index (χ1v) is 7.13. The molecule has 0 N–H and O–H groups in total. The fourth-order valence-electron chi connectivity index (χ4n) is 2.35. The Hall–Kier alpha value is -2.29. The number of nitrogens with zero attached hydrogens (tertiary/aromatic N) is 1. The van der Waals surface area contributed by atoms with Crippen LogP contribution in [0.1, 0.15) is 22.8 Å². The molecule has 0 aliphatic heterocycles. The molecule has 0 saturated heterocycles. The van der Waals surface area contributed by atoms with Crippen LogP contribution in [0.3, 0.4) is 0 Å². The largest absolute Gasteiger partial charge is 0.497 e. The molecule has 3 nitrogen and oxygen atoms in total.